The first-order valence-electron chi connectivity index (χ1n) is 5.15. The summed E-state index contributed by atoms with van der Waals surface area (Å²) in [4.78, 5) is 15.0. The molecule has 0 saturated heterocycles. The van der Waals surface area contributed by atoms with Crippen molar-refractivity contribution in [3.05, 3.63) is 46.3 Å². The van der Waals surface area contributed by atoms with Gasteiger partial charge >= 0.3 is 0 Å². The zero-order valence-corrected chi connectivity index (χ0v) is 11.1. The SMILES string of the molecule is NC(=O)c1cc(Oc2ccc(Br)cc2F)ncc1N. The number of nitrogens with zero attached hydrogens (tertiary/aromatic N) is 1. The molecule has 0 unspecified atom stereocenters. The number of ether oxygens (including phenoxy) is 1. The van der Waals surface area contributed by atoms with Crippen LogP contribution >= 0.6 is 15.9 Å². The Balaban J connectivity index is 2.33. The summed E-state index contributed by atoms with van der Waals surface area (Å²) < 4.78 is 19.4. The maximum atomic E-state index is 13.6. The van der Waals surface area contributed by atoms with Crippen molar-refractivity contribution in [2.24, 2.45) is 5.73 Å². The molecule has 1 aromatic carbocycles. The van der Waals surface area contributed by atoms with Crippen molar-refractivity contribution < 1.29 is 13.9 Å². The average molecular weight is 326 g/mol. The molecular weight excluding hydrogens is 317 g/mol. The fourth-order valence-electron chi connectivity index (χ4n) is 1.39. The van der Waals surface area contributed by atoms with Gasteiger partial charge in [-0.15, -0.1) is 0 Å². The van der Waals surface area contributed by atoms with Gasteiger partial charge in [0.05, 0.1) is 17.4 Å². The molecule has 5 nitrogen and oxygen atoms in total. The predicted octanol–water partition coefficient (Wildman–Crippen LogP) is 2.46. The number of hydrogen-bond donors (Lipinski definition) is 2. The highest BCUT2D eigenvalue weighted by atomic mass is 79.9. The van der Waals surface area contributed by atoms with Crippen molar-refractivity contribution >= 4 is 27.5 Å². The van der Waals surface area contributed by atoms with Gasteiger partial charge in [0, 0.05) is 10.5 Å². The van der Waals surface area contributed by atoms with E-state index in [2.05, 4.69) is 20.9 Å². The largest absolute Gasteiger partial charge is 0.436 e. The molecule has 0 aliphatic heterocycles. The van der Waals surface area contributed by atoms with Gasteiger partial charge in [0.2, 0.25) is 5.88 Å². The third-order valence-corrected chi connectivity index (χ3v) is 2.78. The number of anilines is 1. The summed E-state index contributed by atoms with van der Waals surface area (Å²) in [5.74, 6) is -1.25. The molecule has 0 aliphatic carbocycles. The van der Waals surface area contributed by atoms with Crippen molar-refractivity contribution in [2.45, 2.75) is 0 Å². The molecule has 0 spiro atoms. The van der Waals surface area contributed by atoms with Crippen molar-refractivity contribution in [2.75, 3.05) is 5.73 Å². The molecule has 2 aromatic rings. The molecule has 19 heavy (non-hydrogen) atoms. The van der Waals surface area contributed by atoms with E-state index in [1.807, 2.05) is 0 Å². The van der Waals surface area contributed by atoms with Crippen LogP contribution in [-0.2, 0) is 0 Å². The van der Waals surface area contributed by atoms with E-state index in [1.54, 1.807) is 6.07 Å². The molecule has 1 amide bonds. The van der Waals surface area contributed by atoms with Crippen LogP contribution in [0.2, 0.25) is 0 Å². The van der Waals surface area contributed by atoms with Crippen LogP contribution in [0.4, 0.5) is 10.1 Å². The summed E-state index contributed by atoms with van der Waals surface area (Å²) in [6.07, 6.45) is 1.23. The smallest absolute Gasteiger partial charge is 0.251 e. The van der Waals surface area contributed by atoms with Gasteiger partial charge in [-0.2, -0.15) is 0 Å². The summed E-state index contributed by atoms with van der Waals surface area (Å²) in [6.45, 7) is 0. The molecule has 0 bridgehead atoms. The Kier molecular flexibility index (Phi) is 3.66. The lowest BCUT2D eigenvalue weighted by atomic mass is 10.2. The fourth-order valence-corrected chi connectivity index (χ4v) is 1.72. The molecule has 2 rings (SSSR count). The van der Waals surface area contributed by atoms with Crippen LogP contribution in [0.15, 0.2) is 34.9 Å². The molecule has 1 aromatic heterocycles. The summed E-state index contributed by atoms with van der Waals surface area (Å²) in [7, 11) is 0. The maximum absolute atomic E-state index is 13.6. The molecule has 7 heteroatoms. The van der Waals surface area contributed by atoms with E-state index in [4.69, 9.17) is 16.2 Å². The van der Waals surface area contributed by atoms with Crippen LogP contribution in [-0.4, -0.2) is 10.9 Å². The Bertz CT molecular complexity index is 649. The van der Waals surface area contributed by atoms with E-state index in [-0.39, 0.29) is 22.9 Å². The Morgan fingerprint density at radius 1 is 1.37 bits per heavy atom. The molecule has 0 aliphatic rings. The average Bonchev–Trinajstić information content (AvgIpc) is 2.34. The van der Waals surface area contributed by atoms with E-state index in [9.17, 15) is 9.18 Å². The quantitative estimate of drug-likeness (QED) is 0.906. The summed E-state index contributed by atoms with van der Waals surface area (Å²) in [6, 6.07) is 5.56. The number of nitrogen functional groups attached to an aromatic ring is 1. The van der Waals surface area contributed by atoms with E-state index in [0.717, 1.165) is 0 Å². The Labute approximate surface area is 116 Å². The van der Waals surface area contributed by atoms with E-state index in [1.165, 1.54) is 24.4 Å². The van der Waals surface area contributed by atoms with Gasteiger partial charge in [-0.1, -0.05) is 15.9 Å². The normalized spacial score (nSPS) is 10.2. The molecule has 0 radical (unpaired) electrons. The van der Waals surface area contributed by atoms with Crippen LogP contribution in [0.5, 0.6) is 11.6 Å². The molecule has 98 valence electrons. The van der Waals surface area contributed by atoms with Crippen molar-refractivity contribution in [3.8, 4) is 11.6 Å². The van der Waals surface area contributed by atoms with Crippen LogP contribution in [0, 0.1) is 5.82 Å². The molecule has 0 fully saturated rings. The summed E-state index contributed by atoms with van der Waals surface area (Å²) in [5.41, 5.74) is 10.9. The number of pyridine rings is 1. The topological polar surface area (TPSA) is 91.2 Å². The second-order valence-electron chi connectivity index (χ2n) is 3.65. The van der Waals surface area contributed by atoms with Gasteiger partial charge < -0.3 is 16.2 Å². The Hall–Kier alpha value is -2.15. The maximum Gasteiger partial charge on any atom is 0.251 e. The molecule has 1 heterocycles. The lowest BCUT2D eigenvalue weighted by molar-refractivity contribution is 0.100. The van der Waals surface area contributed by atoms with Gasteiger partial charge in [0.1, 0.15) is 0 Å². The van der Waals surface area contributed by atoms with Crippen molar-refractivity contribution in [3.63, 3.8) is 0 Å². The predicted molar refractivity (Wildman–Crippen MR) is 71.3 cm³/mol. The van der Waals surface area contributed by atoms with Crippen LogP contribution in [0.3, 0.4) is 0 Å². The third kappa shape index (κ3) is 3.00. The fraction of sp³-hybridized carbons (Fsp3) is 0. The lowest BCUT2D eigenvalue weighted by Gasteiger charge is -2.08. The number of aromatic nitrogens is 1. The van der Waals surface area contributed by atoms with Crippen molar-refractivity contribution in [1.82, 2.24) is 4.98 Å². The number of amides is 1. The number of halogens is 2. The van der Waals surface area contributed by atoms with E-state index in [0.29, 0.717) is 4.47 Å². The number of primary amides is 1. The van der Waals surface area contributed by atoms with E-state index >= 15 is 0 Å². The van der Waals surface area contributed by atoms with Gasteiger partial charge in [0.15, 0.2) is 11.6 Å². The standard InChI is InChI=1S/C12H9BrFN3O2/c13-6-1-2-10(8(14)3-6)19-11-4-7(12(16)18)9(15)5-17-11/h1-5H,15H2,(H2,16,18). The minimum atomic E-state index is -0.707. The van der Waals surface area contributed by atoms with Gasteiger partial charge in [-0.3, -0.25) is 4.79 Å². The number of nitrogens with two attached hydrogens (primary N) is 2. The minimum absolute atomic E-state index is 0.0177. The van der Waals surface area contributed by atoms with Crippen molar-refractivity contribution in [1.29, 1.82) is 0 Å². The number of hydrogen-bond acceptors (Lipinski definition) is 4. The monoisotopic (exact) mass is 325 g/mol. The third-order valence-electron chi connectivity index (χ3n) is 2.28. The Morgan fingerprint density at radius 2 is 2.11 bits per heavy atom. The zero-order valence-electron chi connectivity index (χ0n) is 9.56. The molecule has 0 saturated carbocycles. The van der Waals surface area contributed by atoms with Gasteiger partial charge in [-0.25, -0.2) is 9.37 Å². The van der Waals surface area contributed by atoms with Gasteiger partial charge in [-0.05, 0) is 18.2 Å². The first kappa shape index (κ1) is 13.3. The number of carbonyl (C=O) groups excluding carboxylic acids is 1. The highest BCUT2D eigenvalue weighted by Gasteiger charge is 2.11. The number of carbonyl (C=O) groups is 1. The number of rotatable bonds is 3. The minimum Gasteiger partial charge on any atom is -0.436 e. The second-order valence-corrected chi connectivity index (χ2v) is 4.57. The first-order chi connectivity index (χ1) is 8.97. The van der Waals surface area contributed by atoms with Crippen LogP contribution in [0.1, 0.15) is 10.4 Å². The number of benzene rings is 1. The van der Waals surface area contributed by atoms with Gasteiger partial charge in [0.25, 0.3) is 5.91 Å². The molecule has 4 N–H and O–H groups in total. The lowest BCUT2D eigenvalue weighted by Crippen LogP contribution is -2.14. The molecule has 0 atom stereocenters. The highest BCUT2D eigenvalue weighted by molar-refractivity contribution is 9.10. The summed E-state index contributed by atoms with van der Waals surface area (Å²) >= 11 is 3.13. The van der Waals surface area contributed by atoms with Crippen LogP contribution < -0.4 is 16.2 Å². The molecular formula is C12H9BrFN3O2. The van der Waals surface area contributed by atoms with Crippen LogP contribution in [0.25, 0.3) is 0 Å². The second kappa shape index (κ2) is 5.23. The van der Waals surface area contributed by atoms with E-state index < -0.39 is 11.7 Å². The summed E-state index contributed by atoms with van der Waals surface area (Å²) in [5, 5.41) is 0. The Morgan fingerprint density at radius 3 is 2.74 bits per heavy atom. The zero-order chi connectivity index (χ0) is 14.0. The first-order valence-corrected chi connectivity index (χ1v) is 5.95. The highest BCUT2D eigenvalue weighted by Crippen LogP contribution is 2.27.